The lowest BCUT2D eigenvalue weighted by Crippen LogP contribution is -2.41. The van der Waals surface area contributed by atoms with Crippen molar-refractivity contribution >= 4 is 17.3 Å². The van der Waals surface area contributed by atoms with Crippen LogP contribution in [0, 0.1) is 5.82 Å². The van der Waals surface area contributed by atoms with Crippen molar-refractivity contribution in [2.75, 3.05) is 17.3 Å². The van der Waals surface area contributed by atoms with E-state index in [0.29, 0.717) is 5.69 Å². The van der Waals surface area contributed by atoms with Crippen LogP contribution in [0.5, 0.6) is 5.75 Å². The van der Waals surface area contributed by atoms with E-state index < -0.39 is 36.1 Å². The fourth-order valence-electron chi connectivity index (χ4n) is 2.15. The molecular weight excluding hydrogens is 340 g/mol. The Labute approximate surface area is 141 Å². The van der Waals surface area contributed by atoms with Gasteiger partial charge in [0.1, 0.15) is 6.04 Å². The summed E-state index contributed by atoms with van der Waals surface area (Å²) in [6, 6.07) is 8.82. The molecule has 2 N–H and O–H groups in total. The summed E-state index contributed by atoms with van der Waals surface area (Å²) in [5, 5.41) is 11.2. The van der Waals surface area contributed by atoms with Gasteiger partial charge in [0.2, 0.25) is 5.91 Å². The van der Waals surface area contributed by atoms with Crippen molar-refractivity contribution in [2.24, 2.45) is 0 Å². The second-order valence-electron chi connectivity index (χ2n) is 5.40. The lowest BCUT2D eigenvalue weighted by Gasteiger charge is -2.25. The van der Waals surface area contributed by atoms with E-state index >= 15 is 0 Å². The number of para-hydroxylation sites is 1. The molecule has 0 aliphatic rings. The van der Waals surface area contributed by atoms with Crippen LogP contribution in [0.2, 0.25) is 0 Å². The highest BCUT2D eigenvalue weighted by Gasteiger charge is 2.41. The van der Waals surface area contributed by atoms with Crippen molar-refractivity contribution in [3.05, 3.63) is 54.3 Å². The summed E-state index contributed by atoms with van der Waals surface area (Å²) in [6.07, 6.45) is -5.58. The number of hydrogen-bond acceptors (Lipinski definition) is 3. The van der Waals surface area contributed by atoms with Crippen LogP contribution in [0.3, 0.4) is 0 Å². The topological polar surface area (TPSA) is 52.6 Å². The van der Waals surface area contributed by atoms with Crippen LogP contribution in [0.25, 0.3) is 0 Å². The van der Waals surface area contributed by atoms with Gasteiger partial charge in [-0.2, -0.15) is 13.2 Å². The molecule has 0 saturated carbocycles. The van der Waals surface area contributed by atoms with Gasteiger partial charge >= 0.3 is 6.18 Å². The predicted octanol–water partition coefficient (Wildman–Crippen LogP) is 3.93. The van der Waals surface area contributed by atoms with E-state index in [1.807, 2.05) is 0 Å². The zero-order chi connectivity index (χ0) is 18.6. The summed E-state index contributed by atoms with van der Waals surface area (Å²) in [4.78, 5) is 13.3. The Hall–Kier alpha value is -2.77. The average molecular weight is 356 g/mol. The maximum Gasteiger partial charge on any atom is 0.409 e. The lowest BCUT2D eigenvalue weighted by atomic mass is 10.1. The van der Waals surface area contributed by atoms with Gasteiger partial charge in [0, 0.05) is 24.5 Å². The Kier molecular flexibility index (Phi) is 5.51. The van der Waals surface area contributed by atoms with Crippen LogP contribution in [0.4, 0.5) is 28.9 Å². The number of carbonyl (C=O) groups excluding carboxylic acids is 1. The van der Waals surface area contributed by atoms with Crippen LogP contribution in [-0.4, -0.2) is 30.3 Å². The van der Waals surface area contributed by atoms with Crippen LogP contribution in [-0.2, 0) is 4.79 Å². The number of rotatable bonds is 5. The highest BCUT2D eigenvalue weighted by molar-refractivity contribution is 5.93. The van der Waals surface area contributed by atoms with E-state index in [1.165, 1.54) is 7.05 Å². The van der Waals surface area contributed by atoms with Crippen LogP contribution >= 0.6 is 0 Å². The third kappa shape index (κ3) is 4.85. The zero-order valence-corrected chi connectivity index (χ0v) is 13.2. The molecule has 2 rings (SSSR count). The largest absolute Gasteiger partial charge is 0.505 e. The lowest BCUT2D eigenvalue weighted by molar-refractivity contribution is -0.149. The zero-order valence-electron chi connectivity index (χ0n) is 13.2. The van der Waals surface area contributed by atoms with Crippen molar-refractivity contribution in [1.29, 1.82) is 0 Å². The Morgan fingerprint density at radius 2 is 1.84 bits per heavy atom. The number of halogens is 4. The second kappa shape index (κ2) is 7.42. The highest BCUT2D eigenvalue weighted by atomic mass is 19.4. The number of alkyl halides is 3. The van der Waals surface area contributed by atoms with Gasteiger partial charge in [0.15, 0.2) is 11.6 Å². The fraction of sp³-hybridized carbons (Fsp3) is 0.235. The maximum absolute atomic E-state index is 13.3. The number of benzene rings is 2. The molecule has 0 fully saturated rings. The Morgan fingerprint density at radius 3 is 2.40 bits per heavy atom. The molecule has 8 heteroatoms. The molecule has 0 spiro atoms. The number of amides is 1. The number of aromatic hydroxyl groups is 1. The molecular formula is C17H16F4N2O2. The normalized spacial score (nSPS) is 12.5. The SMILES string of the molecule is CN(C(=O)CC(Nc1ccc(O)c(F)c1)C(F)(F)F)c1ccccc1. The van der Waals surface area contributed by atoms with Crippen molar-refractivity contribution in [3.8, 4) is 5.75 Å². The molecule has 0 bridgehead atoms. The first-order chi connectivity index (χ1) is 11.7. The van der Waals surface area contributed by atoms with Crippen molar-refractivity contribution in [3.63, 3.8) is 0 Å². The van der Waals surface area contributed by atoms with Gasteiger partial charge in [0.05, 0.1) is 6.42 Å². The van der Waals surface area contributed by atoms with E-state index in [2.05, 4.69) is 5.32 Å². The van der Waals surface area contributed by atoms with E-state index in [1.54, 1.807) is 30.3 Å². The van der Waals surface area contributed by atoms with Gasteiger partial charge in [-0.15, -0.1) is 0 Å². The molecule has 1 atom stereocenters. The van der Waals surface area contributed by atoms with E-state index in [-0.39, 0.29) is 5.69 Å². The molecule has 4 nitrogen and oxygen atoms in total. The number of hydrogen-bond donors (Lipinski definition) is 2. The summed E-state index contributed by atoms with van der Waals surface area (Å²) < 4.78 is 53.0. The summed E-state index contributed by atoms with van der Waals surface area (Å²) in [5.74, 6) is -2.48. The summed E-state index contributed by atoms with van der Waals surface area (Å²) >= 11 is 0. The molecule has 2 aromatic rings. The van der Waals surface area contributed by atoms with Crippen molar-refractivity contribution in [1.82, 2.24) is 0 Å². The van der Waals surface area contributed by atoms with Crippen molar-refractivity contribution in [2.45, 2.75) is 18.6 Å². The minimum Gasteiger partial charge on any atom is -0.505 e. The van der Waals surface area contributed by atoms with E-state index in [0.717, 1.165) is 23.1 Å². The molecule has 0 aliphatic carbocycles. The molecule has 0 heterocycles. The van der Waals surface area contributed by atoms with Gasteiger partial charge in [-0.25, -0.2) is 4.39 Å². The molecule has 0 aromatic heterocycles. The van der Waals surface area contributed by atoms with Gasteiger partial charge in [0.25, 0.3) is 0 Å². The molecule has 1 unspecified atom stereocenters. The summed E-state index contributed by atoms with van der Waals surface area (Å²) in [6.45, 7) is 0. The molecule has 0 aliphatic heterocycles. The number of anilines is 2. The molecule has 0 saturated heterocycles. The molecule has 2 aromatic carbocycles. The number of nitrogens with one attached hydrogen (secondary N) is 1. The predicted molar refractivity (Wildman–Crippen MR) is 86.0 cm³/mol. The third-order valence-corrected chi connectivity index (χ3v) is 3.58. The van der Waals surface area contributed by atoms with Gasteiger partial charge in [-0.05, 0) is 24.3 Å². The summed E-state index contributed by atoms with van der Waals surface area (Å²) in [7, 11) is 1.38. The number of carbonyl (C=O) groups is 1. The van der Waals surface area contributed by atoms with Gasteiger partial charge in [-0.1, -0.05) is 18.2 Å². The first kappa shape index (κ1) is 18.6. The first-order valence-corrected chi connectivity index (χ1v) is 7.32. The maximum atomic E-state index is 13.3. The van der Waals surface area contributed by atoms with Crippen molar-refractivity contribution < 1.29 is 27.5 Å². The minimum absolute atomic E-state index is 0.187. The van der Waals surface area contributed by atoms with Crippen LogP contribution in [0.1, 0.15) is 6.42 Å². The fourth-order valence-corrected chi connectivity index (χ4v) is 2.15. The average Bonchev–Trinajstić information content (AvgIpc) is 2.56. The van der Waals surface area contributed by atoms with Crippen LogP contribution in [0.15, 0.2) is 48.5 Å². The smallest absolute Gasteiger partial charge is 0.409 e. The van der Waals surface area contributed by atoms with E-state index in [4.69, 9.17) is 5.11 Å². The minimum atomic E-state index is -4.72. The standard InChI is InChI=1S/C17H16F4N2O2/c1-23(12-5-3-2-4-6-12)16(25)10-15(17(19,20)21)22-11-7-8-14(24)13(18)9-11/h2-9,15,22,24H,10H2,1H3. The van der Waals surface area contributed by atoms with Crippen LogP contribution < -0.4 is 10.2 Å². The molecule has 134 valence electrons. The number of phenols is 1. The first-order valence-electron chi connectivity index (χ1n) is 7.32. The van der Waals surface area contributed by atoms with E-state index in [9.17, 15) is 22.4 Å². The van der Waals surface area contributed by atoms with Gasteiger partial charge < -0.3 is 15.3 Å². The number of phenolic OH excluding ortho intramolecular Hbond substituents is 1. The second-order valence-corrected chi connectivity index (χ2v) is 5.40. The molecule has 0 radical (unpaired) electrons. The van der Waals surface area contributed by atoms with Gasteiger partial charge in [-0.3, -0.25) is 4.79 Å². The Morgan fingerprint density at radius 1 is 1.20 bits per heavy atom. The molecule has 25 heavy (non-hydrogen) atoms. The monoisotopic (exact) mass is 356 g/mol. The Balaban J connectivity index is 2.15. The number of nitrogens with zero attached hydrogens (tertiary/aromatic N) is 1. The summed E-state index contributed by atoms with van der Waals surface area (Å²) in [5.41, 5.74) is 0.275. The Bertz CT molecular complexity index is 735. The highest BCUT2D eigenvalue weighted by Crippen LogP contribution is 2.28. The molecule has 1 amide bonds. The third-order valence-electron chi connectivity index (χ3n) is 3.58. The quantitative estimate of drug-likeness (QED) is 0.631.